The summed E-state index contributed by atoms with van der Waals surface area (Å²) in [5, 5.41) is 6.28. The van der Waals surface area contributed by atoms with Crippen LogP contribution in [-0.4, -0.2) is 17.9 Å². The van der Waals surface area contributed by atoms with Crippen LogP contribution in [0.3, 0.4) is 0 Å². The van der Waals surface area contributed by atoms with Crippen molar-refractivity contribution >= 4 is 46.9 Å². The topological polar surface area (TPSA) is 58.2 Å². The van der Waals surface area contributed by atoms with E-state index in [1.165, 1.54) is 11.8 Å². The molecule has 0 bridgehead atoms. The van der Waals surface area contributed by atoms with Crippen molar-refractivity contribution in [2.75, 3.05) is 5.32 Å². The lowest BCUT2D eigenvalue weighted by Crippen LogP contribution is -2.30. The van der Waals surface area contributed by atoms with Gasteiger partial charge in [-0.25, -0.2) is 0 Å². The van der Waals surface area contributed by atoms with E-state index in [0.29, 0.717) is 21.2 Å². The maximum atomic E-state index is 12.4. The van der Waals surface area contributed by atoms with Gasteiger partial charge in [0.25, 0.3) is 11.8 Å². The van der Waals surface area contributed by atoms with Crippen LogP contribution >= 0.6 is 23.4 Å². The number of carbonyl (C=O) groups excluding carboxylic acids is 2. The third-order valence-electron chi connectivity index (χ3n) is 3.55. The zero-order valence-corrected chi connectivity index (χ0v) is 15.4. The molecule has 1 aliphatic rings. The lowest BCUT2D eigenvalue weighted by atomic mass is 10.1. The Morgan fingerprint density at radius 1 is 1.24 bits per heavy atom. The van der Waals surface area contributed by atoms with Gasteiger partial charge in [0.2, 0.25) is 0 Å². The molecule has 3 rings (SSSR count). The predicted molar refractivity (Wildman–Crippen MR) is 103 cm³/mol. The number of carbonyl (C=O) groups is 2. The minimum atomic E-state index is -0.209. The van der Waals surface area contributed by atoms with Crippen molar-refractivity contribution < 1.29 is 9.59 Å². The number of halogens is 1. The Kier molecular flexibility index (Phi) is 5.16. The highest BCUT2D eigenvalue weighted by atomic mass is 35.5. The number of benzene rings is 2. The first-order valence-electron chi connectivity index (χ1n) is 7.84. The van der Waals surface area contributed by atoms with Crippen LogP contribution in [0, 0.1) is 0 Å². The van der Waals surface area contributed by atoms with Crippen molar-refractivity contribution in [1.82, 2.24) is 5.32 Å². The highest BCUT2D eigenvalue weighted by Gasteiger charge is 2.22. The number of anilines is 1. The largest absolute Gasteiger partial charge is 0.350 e. The van der Waals surface area contributed by atoms with E-state index in [1.807, 2.05) is 38.1 Å². The zero-order chi connectivity index (χ0) is 18.0. The average molecular weight is 373 g/mol. The van der Waals surface area contributed by atoms with Gasteiger partial charge in [0, 0.05) is 21.5 Å². The summed E-state index contributed by atoms with van der Waals surface area (Å²) in [7, 11) is 0. The summed E-state index contributed by atoms with van der Waals surface area (Å²) in [6.07, 6.45) is 1.77. The summed E-state index contributed by atoms with van der Waals surface area (Å²) in [5.41, 5.74) is 1.95. The van der Waals surface area contributed by atoms with Crippen molar-refractivity contribution in [3.63, 3.8) is 0 Å². The van der Waals surface area contributed by atoms with E-state index in [1.54, 1.807) is 24.3 Å². The van der Waals surface area contributed by atoms with E-state index < -0.39 is 0 Å². The molecule has 25 heavy (non-hydrogen) atoms. The van der Waals surface area contributed by atoms with Crippen molar-refractivity contribution in [2.24, 2.45) is 0 Å². The van der Waals surface area contributed by atoms with Gasteiger partial charge in [-0.05, 0) is 49.8 Å². The molecule has 0 aromatic heterocycles. The molecule has 0 atom stereocenters. The van der Waals surface area contributed by atoms with Gasteiger partial charge in [0.1, 0.15) is 0 Å². The van der Waals surface area contributed by atoms with Gasteiger partial charge in [-0.1, -0.05) is 41.6 Å². The number of nitrogens with one attached hydrogen (secondary N) is 2. The first kappa shape index (κ1) is 17.6. The van der Waals surface area contributed by atoms with Crippen LogP contribution in [0.5, 0.6) is 0 Å². The molecule has 2 N–H and O–H groups in total. The predicted octanol–water partition coefficient (Wildman–Crippen LogP) is 4.56. The van der Waals surface area contributed by atoms with Crippen LogP contribution in [0.1, 0.15) is 29.8 Å². The second-order valence-corrected chi connectivity index (χ2v) is 7.42. The maximum Gasteiger partial charge on any atom is 0.262 e. The zero-order valence-electron chi connectivity index (χ0n) is 13.8. The van der Waals surface area contributed by atoms with Gasteiger partial charge in [0.05, 0.1) is 10.6 Å². The van der Waals surface area contributed by atoms with Crippen LogP contribution in [0.15, 0.2) is 52.3 Å². The first-order valence-corrected chi connectivity index (χ1v) is 9.04. The maximum absolute atomic E-state index is 12.4. The van der Waals surface area contributed by atoms with Crippen LogP contribution in [0.4, 0.5) is 5.69 Å². The van der Waals surface area contributed by atoms with Crippen LogP contribution in [0.2, 0.25) is 5.02 Å². The highest BCUT2D eigenvalue weighted by molar-refractivity contribution is 8.04. The molecule has 0 fully saturated rings. The van der Waals surface area contributed by atoms with Gasteiger partial charge < -0.3 is 10.6 Å². The molecule has 1 heterocycles. The molecule has 0 saturated carbocycles. The molecule has 6 heteroatoms. The normalized spacial score (nSPS) is 15.0. The van der Waals surface area contributed by atoms with Crippen molar-refractivity contribution in [3.8, 4) is 0 Å². The quantitative estimate of drug-likeness (QED) is 0.776. The average Bonchev–Trinajstić information content (AvgIpc) is 2.56. The molecule has 128 valence electrons. The third-order valence-corrected chi connectivity index (χ3v) is 4.99. The molecule has 4 nitrogen and oxygen atoms in total. The van der Waals surface area contributed by atoms with Crippen molar-refractivity contribution in [2.45, 2.75) is 24.8 Å². The lowest BCUT2D eigenvalue weighted by molar-refractivity contribution is -0.112. The Morgan fingerprint density at radius 3 is 2.72 bits per heavy atom. The van der Waals surface area contributed by atoms with Crippen molar-refractivity contribution in [1.29, 1.82) is 0 Å². The summed E-state index contributed by atoms with van der Waals surface area (Å²) in [6, 6.07) is 12.7. The number of rotatable bonds is 3. The van der Waals surface area contributed by atoms with Gasteiger partial charge in [-0.3, -0.25) is 9.59 Å². The SMILES string of the molecule is CC(C)NC(=O)c1ccc2c(c1)NC(=O)C(=Cc1ccccc1Cl)S2. The molecular weight excluding hydrogens is 356 g/mol. The molecule has 2 amide bonds. The minimum Gasteiger partial charge on any atom is -0.350 e. The Hall–Kier alpha value is -2.24. The fourth-order valence-corrected chi connectivity index (χ4v) is 3.49. The summed E-state index contributed by atoms with van der Waals surface area (Å²) in [4.78, 5) is 25.9. The second-order valence-electron chi connectivity index (χ2n) is 5.93. The fraction of sp³-hybridized carbons (Fsp3) is 0.158. The molecule has 0 unspecified atom stereocenters. The van der Waals surface area contributed by atoms with Crippen LogP contribution < -0.4 is 10.6 Å². The van der Waals surface area contributed by atoms with Crippen molar-refractivity contribution in [3.05, 3.63) is 63.5 Å². The summed E-state index contributed by atoms with van der Waals surface area (Å²) in [5.74, 6) is -0.367. The monoisotopic (exact) mass is 372 g/mol. The molecule has 2 aromatic rings. The second kappa shape index (κ2) is 7.33. The molecule has 0 radical (unpaired) electrons. The number of thioether (sulfide) groups is 1. The molecule has 2 aromatic carbocycles. The van der Waals surface area contributed by atoms with Crippen LogP contribution in [-0.2, 0) is 4.79 Å². The van der Waals surface area contributed by atoms with E-state index in [2.05, 4.69) is 10.6 Å². The molecule has 0 aliphatic carbocycles. The third kappa shape index (κ3) is 4.06. The number of hydrogen-bond acceptors (Lipinski definition) is 3. The summed E-state index contributed by atoms with van der Waals surface area (Å²) < 4.78 is 0. The molecule has 0 saturated heterocycles. The fourth-order valence-electron chi connectivity index (χ4n) is 2.38. The first-order chi connectivity index (χ1) is 11.9. The van der Waals surface area contributed by atoms with E-state index >= 15 is 0 Å². The highest BCUT2D eigenvalue weighted by Crippen LogP contribution is 2.39. The smallest absolute Gasteiger partial charge is 0.262 e. The summed E-state index contributed by atoms with van der Waals surface area (Å²) >= 11 is 7.52. The molecule has 1 aliphatic heterocycles. The minimum absolute atomic E-state index is 0.0534. The van der Waals surface area contributed by atoms with Gasteiger partial charge in [-0.2, -0.15) is 0 Å². The Labute approximate surface area is 155 Å². The number of amides is 2. The van der Waals surface area contributed by atoms with E-state index in [4.69, 9.17) is 11.6 Å². The van der Waals surface area contributed by atoms with Gasteiger partial charge in [-0.15, -0.1) is 0 Å². The lowest BCUT2D eigenvalue weighted by Gasteiger charge is -2.19. The van der Waals surface area contributed by atoms with Crippen LogP contribution in [0.25, 0.3) is 6.08 Å². The summed E-state index contributed by atoms with van der Waals surface area (Å²) in [6.45, 7) is 3.80. The number of fused-ring (bicyclic) bond motifs is 1. The van der Waals surface area contributed by atoms with E-state index in [0.717, 1.165) is 10.5 Å². The van der Waals surface area contributed by atoms with E-state index in [-0.39, 0.29) is 17.9 Å². The Bertz CT molecular complexity index is 877. The molecular formula is C19H17ClN2O2S. The Balaban J connectivity index is 1.88. The molecule has 0 spiro atoms. The standard InChI is InChI=1S/C19H17ClN2O2S/c1-11(2)21-18(23)13-7-8-16-15(9-13)22-19(24)17(25-16)10-12-5-3-4-6-14(12)20/h3-11H,1-2H3,(H,21,23)(H,22,24). The van der Waals surface area contributed by atoms with Gasteiger partial charge in [0.15, 0.2) is 0 Å². The number of hydrogen-bond donors (Lipinski definition) is 2. The van der Waals surface area contributed by atoms with E-state index in [9.17, 15) is 9.59 Å². The Morgan fingerprint density at radius 2 is 2.00 bits per heavy atom. The van der Waals surface area contributed by atoms with Gasteiger partial charge >= 0.3 is 0 Å².